The van der Waals surface area contributed by atoms with Crippen LogP contribution in [0.2, 0.25) is 10.3 Å². The molecule has 0 saturated heterocycles. The van der Waals surface area contributed by atoms with Crippen LogP contribution in [0, 0.1) is 0 Å². The van der Waals surface area contributed by atoms with Crippen LogP contribution in [-0.4, -0.2) is 4.98 Å². The molecule has 54 valence electrons. The Balaban J connectivity index is 3.07. The average Bonchev–Trinajstić information content (AvgIpc) is 1.88. The van der Waals surface area contributed by atoms with Crippen molar-refractivity contribution in [3.8, 4) is 0 Å². The van der Waals surface area contributed by atoms with Crippen LogP contribution in [0.4, 0.5) is 0 Å². The highest BCUT2D eigenvalue weighted by Crippen LogP contribution is 2.22. The predicted molar refractivity (Wildman–Crippen MR) is 44.3 cm³/mol. The highest BCUT2D eigenvalue weighted by Gasteiger charge is 1.99. The van der Waals surface area contributed by atoms with E-state index in [1.54, 1.807) is 12.1 Å². The lowest BCUT2D eigenvalue weighted by atomic mass is 10.5. The number of nitrogens with zero attached hydrogens (tertiary/aromatic N) is 1. The van der Waals surface area contributed by atoms with Gasteiger partial charge in [0.25, 0.3) is 0 Å². The van der Waals surface area contributed by atoms with Gasteiger partial charge in [-0.05, 0) is 24.1 Å². The summed E-state index contributed by atoms with van der Waals surface area (Å²) in [5.74, 6) is 0. The second kappa shape index (κ2) is 3.44. The monoisotopic (exact) mass is 194 g/mol. The van der Waals surface area contributed by atoms with Gasteiger partial charge in [-0.25, -0.2) is 4.98 Å². The molecule has 0 aliphatic carbocycles. The number of rotatable bonds is 1. The summed E-state index contributed by atoms with van der Waals surface area (Å²) in [7, 11) is 0. The summed E-state index contributed by atoms with van der Waals surface area (Å²) in [4.78, 5) is 4.50. The molecule has 0 aromatic carbocycles. The number of aromatic nitrogens is 1. The van der Waals surface area contributed by atoms with Crippen molar-refractivity contribution in [1.82, 2.24) is 4.98 Å². The maximum Gasteiger partial charge on any atom is 0.145 e. The van der Waals surface area contributed by atoms with Gasteiger partial charge in [-0.1, -0.05) is 23.2 Å². The van der Waals surface area contributed by atoms with Crippen LogP contribution in [-0.2, 0) is 0 Å². The van der Waals surface area contributed by atoms with Crippen molar-refractivity contribution >= 4 is 35.1 Å². The third kappa shape index (κ3) is 1.76. The van der Waals surface area contributed by atoms with E-state index in [-0.39, 0.29) is 0 Å². The number of nitrogens with two attached hydrogens (primary N) is 1. The summed E-state index contributed by atoms with van der Waals surface area (Å²) in [6, 6.07) is 3.37. The molecule has 0 aliphatic rings. The van der Waals surface area contributed by atoms with Crippen LogP contribution in [0.5, 0.6) is 0 Å². The third-order valence-electron chi connectivity index (χ3n) is 0.907. The molecule has 2 N–H and O–H groups in total. The Hall–Kier alpha value is 0.0400. The fourth-order valence-corrected chi connectivity index (χ4v) is 1.26. The minimum Gasteiger partial charge on any atom is -0.273 e. The Bertz CT molecular complexity index is 241. The van der Waals surface area contributed by atoms with Gasteiger partial charge < -0.3 is 0 Å². The van der Waals surface area contributed by atoms with E-state index in [2.05, 4.69) is 4.98 Å². The van der Waals surface area contributed by atoms with Crippen LogP contribution in [0.3, 0.4) is 0 Å². The van der Waals surface area contributed by atoms with Crippen LogP contribution in [0.1, 0.15) is 0 Å². The van der Waals surface area contributed by atoms with Gasteiger partial charge in [-0.3, -0.25) is 5.14 Å². The molecule has 0 fully saturated rings. The number of hydrogen-bond donors (Lipinski definition) is 1. The average molecular weight is 195 g/mol. The first-order valence-electron chi connectivity index (χ1n) is 2.43. The minimum absolute atomic E-state index is 0.347. The molecule has 5 heteroatoms. The Kier molecular flexibility index (Phi) is 2.80. The Morgan fingerprint density at radius 3 is 2.60 bits per heavy atom. The summed E-state index contributed by atoms with van der Waals surface area (Å²) in [6.07, 6.45) is 0. The molecule has 10 heavy (non-hydrogen) atoms. The highest BCUT2D eigenvalue weighted by atomic mass is 35.5. The van der Waals surface area contributed by atoms with Crippen molar-refractivity contribution in [3.63, 3.8) is 0 Å². The first-order chi connectivity index (χ1) is 4.74. The molecule has 0 radical (unpaired) electrons. The number of pyridine rings is 1. The van der Waals surface area contributed by atoms with Crippen LogP contribution in [0.15, 0.2) is 17.0 Å². The van der Waals surface area contributed by atoms with Gasteiger partial charge in [0, 0.05) is 0 Å². The molecule has 0 spiro atoms. The molecule has 1 aromatic heterocycles. The molecular weight excluding hydrogens is 191 g/mol. The number of hydrogen-bond acceptors (Lipinski definition) is 3. The topological polar surface area (TPSA) is 38.9 Å². The van der Waals surface area contributed by atoms with Crippen molar-refractivity contribution < 1.29 is 0 Å². The Morgan fingerprint density at radius 2 is 2.10 bits per heavy atom. The summed E-state index contributed by atoms with van der Waals surface area (Å²) in [5.41, 5.74) is 0. The van der Waals surface area contributed by atoms with Crippen molar-refractivity contribution in [2.75, 3.05) is 0 Å². The van der Waals surface area contributed by atoms with Crippen LogP contribution in [0.25, 0.3) is 0 Å². The summed E-state index contributed by atoms with van der Waals surface area (Å²) in [5, 5.41) is 5.97. The lowest BCUT2D eigenvalue weighted by molar-refractivity contribution is 1.24. The predicted octanol–water partition coefficient (Wildman–Crippen LogP) is 2.35. The normalized spacial score (nSPS) is 9.90. The largest absolute Gasteiger partial charge is 0.273 e. The molecular formula is C5H4Cl2N2S. The van der Waals surface area contributed by atoms with Crippen LogP contribution >= 0.6 is 35.1 Å². The quantitative estimate of drug-likeness (QED) is 0.552. The highest BCUT2D eigenvalue weighted by molar-refractivity contribution is 7.97. The first kappa shape index (κ1) is 8.14. The second-order valence-corrected chi connectivity index (χ2v) is 2.96. The first-order valence-corrected chi connectivity index (χ1v) is 4.06. The van der Waals surface area contributed by atoms with E-state index in [1.165, 1.54) is 0 Å². The lowest BCUT2D eigenvalue weighted by Gasteiger charge is -1.96. The van der Waals surface area contributed by atoms with E-state index in [9.17, 15) is 0 Å². The second-order valence-electron chi connectivity index (χ2n) is 1.54. The Morgan fingerprint density at radius 1 is 1.40 bits per heavy atom. The molecule has 1 rings (SSSR count). The zero-order valence-electron chi connectivity index (χ0n) is 4.84. The maximum atomic E-state index is 5.63. The van der Waals surface area contributed by atoms with Gasteiger partial charge in [0.15, 0.2) is 0 Å². The van der Waals surface area contributed by atoms with Gasteiger partial charge in [-0.15, -0.1) is 0 Å². The van der Waals surface area contributed by atoms with E-state index in [0.717, 1.165) is 16.8 Å². The van der Waals surface area contributed by atoms with Crippen LogP contribution < -0.4 is 5.14 Å². The van der Waals surface area contributed by atoms with Crippen molar-refractivity contribution in [2.45, 2.75) is 4.90 Å². The minimum atomic E-state index is 0.347. The van der Waals surface area contributed by atoms with E-state index in [1.807, 2.05) is 0 Å². The Labute approximate surface area is 72.9 Å². The molecule has 0 saturated carbocycles. The van der Waals surface area contributed by atoms with Gasteiger partial charge in [0.05, 0.1) is 4.90 Å². The fourth-order valence-electron chi connectivity index (χ4n) is 0.487. The van der Waals surface area contributed by atoms with Gasteiger partial charge >= 0.3 is 0 Å². The number of halogens is 2. The van der Waals surface area contributed by atoms with Crippen molar-refractivity contribution in [2.24, 2.45) is 5.14 Å². The molecule has 1 heterocycles. The molecule has 0 atom stereocenters. The molecule has 0 unspecified atom stereocenters. The lowest BCUT2D eigenvalue weighted by Crippen LogP contribution is -1.84. The van der Waals surface area contributed by atoms with E-state index in [4.69, 9.17) is 28.3 Å². The third-order valence-corrected chi connectivity index (χ3v) is 2.10. The fraction of sp³-hybridized carbons (Fsp3) is 0. The summed E-state index contributed by atoms with van der Waals surface area (Å²) < 4.78 is 0. The van der Waals surface area contributed by atoms with Crippen molar-refractivity contribution in [1.29, 1.82) is 0 Å². The molecule has 1 aromatic rings. The van der Waals surface area contributed by atoms with Gasteiger partial charge in [0.1, 0.15) is 10.3 Å². The maximum absolute atomic E-state index is 5.63. The SMILES string of the molecule is NSc1ccc(Cl)nc1Cl. The zero-order valence-corrected chi connectivity index (χ0v) is 7.17. The standard InChI is InChI=1S/C5H4Cl2N2S/c6-4-2-1-3(10-8)5(7)9-4/h1-2H,8H2. The molecule has 0 aliphatic heterocycles. The van der Waals surface area contributed by atoms with E-state index < -0.39 is 0 Å². The van der Waals surface area contributed by atoms with Gasteiger partial charge in [-0.2, -0.15) is 0 Å². The molecule has 2 nitrogen and oxygen atoms in total. The van der Waals surface area contributed by atoms with Crippen molar-refractivity contribution in [3.05, 3.63) is 22.4 Å². The summed E-state index contributed by atoms with van der Waals surface area (Å²) in [6.45, 7) is 0. The smallest absolute Gasteiger partial charge is 0.145 e. The van der Waals surface area contributed by atoms with E-state index >= 15 is 0 Å². The summed E-state index contributed by atoms with van der Waals surface area (Å²) >= 11 is 12.2. The molecule has 0 bridgehead atoms. The molecule has 0 amide bonds. The van der Waals surface area contributed by atoms with Gasteiger partial charge in [0.2, 0.25) is 0 Å². The zero-order chi connectivity index (χ0) is 7.56. The van der Waals surface area contributed by atoms with E-state index in [0.29, 0.717) is 10.3 Å².